The van der Waals surface area contributed by atoms with Crippen molar-refractivity contribution < 1.29 is 23.1 Å². The van der Waals surface area contributed by atoms with E-state index in [9.17, 15) is 18.3 Å². The summed E-state index contributed by atoms with van der Waals surface area (Å²) < 4.78 is 32.7. The van der Waals surface area contributed by atoms with Gasteiger partial charge in [-0.2, -0.15) is 0 Å². The zero-order valence-corrected chi connectivity index (χ0v) is 19.7. The second-order valence-electron chi connectivity index (χ2n) is 8.03. The van der Waals surface area contributed by atoms with Crippen LogP contribution >= 0.6 is 0 Å². The van der Waals surface area contributed by atoms with Crippen LogP contribution in [0.15, 0.2) is 53.4 Å². The minimum atomic E-state index is -3.78. The third-order valence-electron chi connectivity index (χ3n) is 5.22. The van der Waals surface area contributed by atoms with E-state index in [1.165, 1.54) is 93.5 Å². The van der Waals surface area contributed by atoms with Crippen LogP contribution in [0.2, 0.25) is 0 Å². The highest BCUT2D eigenvalue weighted by atomic mass is 32.2. The summed E-state index contributed by atoms with van der Waals surface area (Å²) in [5.74, 6) is 0.0741. The van der Waals surface area contributed by atoms with Gasteiger partial charge in [-0.15, -0.1) is 0 Å². The van der Waals surface area contributed by atoms with Gasteiger partial charge in [-0.25, -0.2) is 8.42 Å². The molecule has 0 saturated carbocycles. The highest BCUT2D eigenvalue weighted by Crippen LogP contribution is 2.21. The molecule has 2 aromatic rings. The van der Waals surface area contributed by atoms with Gasteiger partial charge in [0.25, 0.3) is 10.0 Å². The van der Waals surface area contributed by atoms with E-state index in [1.54, 1.807) is 0 Å². The number of sulfonamides is 1. The second kappa shape index (κ2) is 13.8. The third kappa shape index (κ3) is 9.73. The molecule has 0 spiro atoms. The van der Waals surface area contributed by atoms with Gasteiger partial charge in [0.1, 0.15) is 11.5 Å². The van der Waals surface area contributed by atoms with Crippen LogP contribution in [-0.2, 0) is 14.8 Å². The number of carbonyl (C=O) groups is 1. The number of esters is 1. The molecule has 0 fully saturated rings. The number of hydrogen-bond donors (Lipinski definition) is 2. The van der Waals surface area contributed by atoms with E-state index < -0.39 is 10.0 Å². The quantitative estimate of drug-likeness (QED) is 0.138. The van der Waals surface area contributed by atoms with Crippen molar-refractivity contribution in [2.45, 2.75) is 82.4 Å². The normalized spacial score (nSPS) is 11.3. The van der Waals surface area contributed by atoms with Gasteiger partial charge in [-0.05, 0) is 55.0 Å². The van der Waals surface area contributed by atoms with Gasteiger partial charge >= 0.3 is 5.97 Å². The van der Waals surface area contributed by atoms with Gasteiger partial charge < -0.3 is 9.84 Å². The van der Waals surface area contributed by atoms with Gasteiger partial charge in [0.2, 0.25) is 0 Å². The zero-order valence-electron chi connectivity index (χ0n) is 18.9. The zero-order chi connectivity index (χ0) is 23.2. The van der Waals surface area contributed by atoms with E-state index in [0.717, 1.165) is 19.3 Å². The molecular weight excluding hydrogens is 426 g/mol. The molecule has 32 heavy (non-hydrogen) atoms. The van der Waals surface area contributed by atoms with Crippen LogP contribution in [0.1, 0.15) is 77.6 Å². The van der Waals surface area contributed by atoms with Gasteiger partial charge in [0.15, 0.2) is 0 Å². The standard InChI is InChI=1S/C25H35NO5S/c1-2-3-4-5-6-7-8-9-10-11-12-25(28)31-23-17-19-24(20-18-23)32(29,30)26-21-13-15-22(27)16-14-21/h13-20,26-27H,2-12H2,1H3. The Hall–Kier alpha value is -2.54. The summed E-state index contributed by atoms with van der Waals surface area (Å²) in [6.45, 7) is 2.23. The first-order valence-corrected chi connectivity index (χ1v) is 13.0. The molecule has 0 unspecified atom stereocenters. The van der Waals surface area contributed by atoms with Gasteiger partial charge in [0.05, 0.1) is 4.90 Å². The van der Waals surface area contributed by atoms with Crippen molar-refractivity contribution >= 4 is 21.7 Å². The number of hydrogen-bond acceptors (Lipinski definition) is 5. The van der Waals surface area contributed by atoms with Crippen molar-refractivity contribution in [3.8, 4) is 11.5 Å². The van der Waals surface area contributed by atoms with Crippen molar-refractivity contribution in [3.05, 3.63) is 48.5 Å². The number of rotatable bonds is 15. The molecule has 6 nitrogen and oxygen atoms in total. The van der Waals surface area contributed by atoms with Gasteiger partial charge in [-0.3, -0.25) is 9.52 Å². The minimum Gasteiger partial charge on any atom is -0.508 e. The first-order valence-electron chi connectivity index (χ1n) is 11.5. The van der Waals surface area contributed by atoms with E-state index in [-0.39, 0.29) is 16.6 Å². The molecule has 0 aliphatic rings. The predicted octanol–water partition coefficient (Wildman–Crippen LogP) is 6.41. The van der Waals surface area contributed by atoms with Crippen molar-refractivity contribution in [3.63, 3.8) is 0 Å². The highest BCUT2D eigenvalue weighted by molar-refractivity contribution is 7.92. The van der Waals surface area contributed by atoms with Crippen LogP contribution in [0.5, 0.6) is 11.5 Å². The molecule has 2 aromatic carbocycles. The summed E-state index contributed by atoms with van der Waals surface area (Å²) in [5.41, 5.74) is 0.342. The number of anilines is 1. The van der Waals surface area contributed by atoms with Crippen LogP contribution in [-0.4, -0.2) is 19.5 Å². The molecule has 2 rings (SSSR count). The van der Waals surface area contributed by atoms with Crippen molar-refractivity contribution in [1.82, 2.24) is 0 Å². The SMILES string of the molecule is CCCCCCCCCCCCC(=O)Oc1ccc(S(=O)(=O)Nc2ccc(O)cc2)cc1. The monoisotopic (exact) mass is 461 g/mol. The highest BCUT2D eigenvalue weighted by Gasteiger charge is 2.15. The van der Waals surface area contributed by atoms with E-state index in [4.69, 9.17) is 4.74 Å². The van der Waals surface area contributed by atoms with Crippen molar-refractivity contribution in [1.29, 1.82) is 0 Å². The Balaban J connectivity index is 1.67. The molecule has 0 aromatic heterocycles. The lowest BCUT2D eigenvalue weighted by Crippen LogP contribution is -2.13. The van der Waals surface area contributed by atoms with E-state index in [1.807, 2.05) is 0 Å². The van der Waals surface area contributed by atoms with E-state index in [2.05, 4.69) is 11.6 Å². The molecule has 0 atom stereocenters. The van der Waals surface area contributed by atoms with E-state index in [0.29, 0.717) is 17.9 Å². The van der Waals surface area contributed by atoms with Crippen molar-refractivity contribution in [2.24, 2.45) is 0 Å². The maximum Gasteiger partial charge on any atom is 0.311 e. The number of nitrogens with one attached hydrogen (secondary N) is 1. The molecule has 0 radical (unpaired) electrons. The van der Waals surface area contributed by atoms with Gasteiger partial charge in [0, 0.05) is 12.1 Å². The fourth-order valence-corrected chi connectivity index (χ4v) is 4.43. The Bertz CT molecular complexity index is 908. The number of aromatic hydroxyl groups is 1. The van der Waals surface area contributed by atoms with E-state index >= 15 is 0 Å². The van der Waals surface area contributed by atoms with Crippen molar-refractivity contribution in [2.75, 3.05) is 4.72 Å². The molecule has 0 aliphatic heterocycles. The summed E-state index contributed by atoms with van der Waals surface area (Å²) in [4.78, 5) is 12.1. The Labute approximate surface area is 192 Å². The lowest BCUT2D eigenvalue weighted by atomic mass is 10.1. The molecule has 0 amide bonds. The maximum atomic E-state index is 12.5. The number of unbranched alkanes of at least 4 members (excludes halogenated alkanes) is 9. The lowest BCUT2D eigenvalue weighted by Gasteiger charge is -2.09. The topological polar surface area (TPSA) is 92.7 Å². The fourth-order valence-electron chi connectivity index (χ4n) is 3.37. The minimum absolute atomic E-state index is 0.0527. The number of ether oxygens (including phenoxy) is 1. The number of carbonyl (C=O) groups excluding carboxylic acids is 1. The average Bonchev–Trinajstić information content (AvgIpc) is 2.77. The molecular formula is C25H35NO5S. The largest absolute Gasteiger partial charge is 0.508 e. The van der Waals surface area contributed by atoms with Crippen LogP contribution in [0, 0.1) is 0 Å². The molecule has 0 heterocycles. The summed E-state index contributed by atoms with van der Waals surface area (Å²) in [6.07, 6.45) is 12.4. The van der Waals surface area contributed by atoms with Crippen LogP contribution in [0.3, 0.4) is 0 Å². The third-order valence-corrected chi connectivity index (χ3v) is 6.62. The Morgan fingerprint density at radius 2 is 1.34 bits per heavy atom. The second-order valence-corrected chi connectivity index (χ2v) is 9.71. The Kier molecular flexibility index (Phi) is 11.1. The number of phenols is 1. The average molecular weight is 462 g/mol. The Morgan fingerprint density at radius 3 is 1.91 bits per heavy atom. The van der Waals surface area contributed by atoms with Crippen LogP contribution in [0.25, 0.3) is 0 Å². The summed E-state index contributed by atoms with van der Waals surface area (Å²) in [7, 11) is -3.78. The molecule has 7 heteroatoms. The molecule has 0 aliphatic carbocycles. The van der Waals surface area contributed by atoms with Crippen LogP contribution < -0.4 is 9.46 Å². The Morgan fingerprint density at radius 1 is 0.812 bits per heavy atom. The smallest absolute Gasteiger partial charge is 0.311 e. The molecule has 176 valence electrons. The van der Waals surface area contributed by atoms with Crippen LogP contribution in [0.4, 0.5) is 5.69 Å². The molecule has 0 saturated heterocycles. The number of phenolic OH excluding ortho intramolecular Hbond substituents is 1. The maximum absolute atomic E-state index is 12.5. The number of benzene rings is 2. The fraction of sp³-hybridized carbons (Fsp3) is 0.480. The summed E-state index contributed by atoms with van der Waals surface area (Å²) >= 11 is 0. The summed E-state index contributed by atoms with van der Waals surface area (Å²) in [6, 6.07) is 11.5. The predicted molar refractivity (Wildman–Crippen MR) is 127 cm³/mol. The first kappa shape index (κ1) is 25.7. The molecule has 0 bridgehead atoms. The summed E-state index contributed by atoms with van der Waals surface area (Å²) in [5, 5.41) is 9.29. The lowest BCUT2D eigenvalue weighted by molar-refractivity contribution is -0.134. The molecule has 2 N–H and O–H groups in total. The van der Waals surface area contributed by atoms with Gasteiger partial charge in [-0.1, -0.05) is 64.7 Å². The first-order chi connectivity index (χ1) is 15.4.